The summed E-state index contributed by atoms with van der Waals surface area (Å²) in [6.07, 6.45) is 2.03. The molecule has 3 rings (SSSR count). The molecule has 0 saturated carbocycles. The van der Waals surface area contributed by atoms with E-state index < -0.39 is 9.84 Å². The van der Waals surface area contributed by atoms with Crippen LogP contribution >= 0.6 is 11.6 Å². The van der Waals surface area contributed by atoms with Crippen LogP contribution in [0.4, 0.5) is 0 Å². The molecule has 2 aromatic rings. The fraction of sp³-hybridized carbons (Fsp3) is 0.409. The van der Waals surface area contributed by atoms with Gasteiger partial charge in [-0.1, -0.05) is 23.7 Å². The fourth-order valence-corrected chi connectivity index (χ4v) is 4.60. The Morgan fingerprint density at radius 2 is 1.71 bits per heavy atom. The van der Waals surface area contributed by atoms with Gasteiger partial charge in [-0.25, -0.2) is 8.42 Å². The van der Waals surface area contributed by atoms with E-state index in [1.807, 2.05) is 12.1 Å². The first kappa shape index (κ1) is 23.4. The zero-order chi connectivity index (χ0) is 22.6. The van der Waals surface area contributed by atoms with Gasteiger partial charge in [0, 0.05) is 39.0 Å². The summed E-state index contributed by atoms with van der Waals surface area (Å²) < 4.78 is 33.8. The molecule has 31 heavy (non-hydrogen) atoms. The Bertz CT molecular complexity index is 1040. The lowest BCUT2D eigenvalue weighted by Crippen LogP contribution is -2.35. The lowest BCUT2D eigenvalue weighted by Gasteiger charge is -2.23. The number of nitrogens with zero attached hydrogens (tertiary/aromatic N) is 2. The van der Waals surface area contributed by atoms with Gasteiger partial charge in [-0.3, -0.25) is 9.69 Å². The van der Waals surface area contributed by atoms with Gasteiger partial charge >= 0.3 is 0 Å². The molecule has 1 fully saturated rings. The average Bonchev–Trinajstić information content (AvgIpc) is 2.98. The summed E-state index contributed by atoms with van der Waals surface area (Å²) in [6.45, 7) is 3.46. The van der Waals surface area contributed by atoms with Gasteiger partial charge in [0.15, 0.2) is 21.3 Å². The van der Waals surface area contributed by atoms with Crippen LogP contribution in [0.3, 0.4) is 0 Å². The zero-order valence-corrected chi connectivity index (χ0v) is 19.5. The second kappa shape index (κ2) is 9.89. The quantitative estimate of drug-likeness (QED) is 0.651. The van der Waals surface area contributed by atoms with Crippen LogP contribution in [0.2, 0.25) is 5.02 Å². The maximum atomic E-state index is 13.1. The number of sulfone groups is 1. The predicted molar refractivity (Wildman–Crippen MR) is 120 cm³/mol. The summed E-state index contributed by atoms with van der Waals surface area (Å²) in [4.78, 5) is 17.5. The van der Waals surface area contributed by atoms with E-state index in [1.165, 1.54) is 20.5 Å². The molecule has 0 unspecified atom stereocenters. The number of amides is 1. The third-order valence-corrected chi connectivity index (χ3v) is 6.85. The minimum atomic E-state index is -3.20. The smallest absolute Gasteiger partial charge is 0.255 e. The fourth-order valence-electron chi connectivity index (χ4n) is 3.66. The molecule has 0 aromatic heterocycles. The summed E-state index contributed by atoms with van der Waals surface area (Å²) >= 11 is 6.42. The molecular weight excluding hydrogens is 440 g/mol. The Hall–Kier alpha value is -2.29. The first-order valence-electron chi connectivity index (χ1n) is 9.95. The largest absolute Gasteiger partial charge is 0.493 e. The molecule has 0 bridgehead atoms. The highest BCUT2D eigenvalue weighted by Gasteiger charge is 2.25. The second-order valence-electron chi connectivity index (χ2n) is 7.50. The summed E-state index contributed by atoms with van der Waals surface area (Å²) in [5.41, 5.74) is 1.43. The summed E-state index contributed by atoms with van der Waals surface area (Å²) in [6, 6.07) is 10.3. The van der Waals surface area contributed by atoms with Crippen molar-refractivity contribution in [1.82, 2.24) is 9.80 Å². The Labute approximate surface area is 188 Å². The number of hydrogen-bond donors (Lipinski definition) is 0. The van der Waals surface area contributed by atoms with E-state index in [1.54, 1.807) is 29.2 Å². The van der Waals surface area contributed by atoms with Crippen LogP contribution in [0.5, 0.6) is 11.5 Å². The lowest BCUT2D eigenvalue weighted by atomic mass is 10.1. The van der Waals surface area contributed by atoms with E-state index in [0.717, 1.165) is 18.5 Å². The van der Waals surface area contributed by atoms with Crippen molar-refractivity contribution in [2.24, 2.45) is 0 Å². The Kier molecular flexibility index (Phi) is 7.46. The number of halogens is 1. The number of carbonyl (C=O) groups excluding carboxylic acids is 1. The van der Waals surface area contributed by atoms with Gasteiger partial charge in [0.1, 0.15) is 0 Å². The molecular formula is C22H27ClN2O5S. The average molecular weight is 467 g/mol. The molecule has 0 spiro atoms. The van der Waals surface area contributed by atoms with Crippen LogP contribution in [0.25, 0.3) is 0 Å². The van der Waals surface area contributed by atoms with Crippen molar-refractivity contribution >= 4 is 27.3 Å². The normalized spacial score (nSPS) is 15.4. The van der Waals surface area contributed by atoms with Gasteiger partial charge in [-0.2, -0.15) is 0 Å². The van der Waals surface area contributed by atoms with Gasteiger partial charge < -0.3 is 14.4 Å². The van der Waals surface area contributed by atoms with Crippen molar-refractivity contribution in [3.05, 3.63) is 52.5 Å². The van der Waals surface area contributed by atoms with Crippen LogP contribution in [0.15, 0.2) is 41.3 Å². The Balaban J connectivity index is 1.67. The molecule has 0 radical (unpaired) electrons. The third-order valence-electron chi connectivity index (χ3n) is 5.35. The predicted octanol–water partition coefficient (Wildman–Crippen LogP) is 3.11. The van der Waals surface area contributed by atoms with Gasteiger partial charge in [-0.15, -0.1) is 0 Å². The molecule has 1 amide bonds. The van der Waals surface area contributed by atoms with Crippen LogP contribution < -0.4 is 9.47 Å². The molecule has 1 saturated heterocycles. The maximum absolute atomic E-state index is 13.1. The lowest BCUT2D eigenvalue weighted by molar-refractivity contribution is 0.0761. The molecule has 0 N–H and O–H groups in total. The minimum Gasteiger partial charge on any atom is -0.493 e. The molecule has 168 valence electrons. The molecule has 0 aliphatic carbocycles. The van der Waals surface area contributed by atoms with Crippen molar-refractivity contribution in [2.45, 2.75) is 17.9 Å². The third kappa shape index (κ3) is 5.50. The van der Waals surface area contributed by atoms with Gasteiger partial charge in [-0.05, 0) is 36.2 Å². The molecule has 1 aliphatic rings. The molecule has 0 atom stereocenters. The standard InChI is InChI=1S/C22H27ClN2O5S/c1-29-19-10-9-18(20(23)21(19)30-2)22(26)25-12-4-11-24(13-14-25)15-16-5-7-17(8-6-16)31(3,27)28/h5-10H,4,11-15H2,1-3H3. The Morgan fingerprint density at radius 3 is 2.32 bits per heavy atom. The second-order valence-corrected chi connectivity index (χ2v) is 9.89. The van der Waals surface area contributed by atoms with E-state index in [4.69, 9.17) is 21.1 Å². The number of rotatable bonds is 6. The van der Waals surface area contributed by atoms with Crippen molar-refractivity contribution in [2.75, 3.05) is 46.7 Å². The first-order chi connectivity index (χ1) is 14.7. The first-order valence-corrected chi connectivity index (χ1v) is 12.2. The number of carbonyl (C=O) groups is 1. The van der Waals surface area contributed by atoms with Crippen LogP contribution in [0.1, 0.15) is 22.3 Å². The van der Waals surface area contributed by atoms with E-state index in [9.17, 15) is 13.2 Å². The molecule has 7 nitrogen and oxygen atoms in total. The maximum Gasteiger partial charge on any atom is 0.255 e. The highest BCUT2D eigenvalue weighted by atomic mass is 35.5. The van der Waals surface area contributed by atoms with Crippen molar-refractivity contribution in [3.8, 4) is 11.5 Å². The topological polar surface area (TPSA) is 76.2 Å². The van der Waals surface area contributed by atoms with E-state index >= 15 is 0 Å². The van der Waals surface area contributed by atoms with Gasteiger partial charge in [0.2, 0.25) is 0 Å². The number of ether oxygens (including phenoxy) is 2. The van der Waals surface area contributed by atoms with Crippen molar-refractivity contribution in [1.29, 1.82) is 0 Å². The van der Waals surface area contributed by atoms with Gasteiger partial charge in [0.05, 0.1) is 29.7 Å². The number of hydrogen-bond acceptors (Lipinski definition) is 6. The molecule has 9 heteroatoms. The van der Waals surface area contributed by atoms with Crippen molar-refractivity contribution < 1.29 is 22.7 Å². The highest BCUT2D eigenvalue weighted by Crippen LogP contribution is 2.37. The van der Waals surface area contributed by atoms with E-state index in [2.05, 4.69) is 4.90 Å². The van der Waals surface area contributed by atoms with Gasteiger partial charge in [0.25, 0.3) is 5.91 Å². The van der Waals surface area contributed by atoms with E-state index in [-0.39, 0.29) is 10.9 Å². The Morgan fingerprint density at radius 1 is 1.00 bits per heavy atom. The van der Waals surface area contributed by atoms with Crippen LogP contribution in [-0.2, 0) is 16.4 Å². The summed E-state index contributed by atoms with van der Waals surface area (Å²) in [7, 11) is -0.188. The molecule has 2 aromatic carbocycles. The van der Waals surface area contributed by atoms with E-state index in [0.29, 0.717) is 48.1 Å². The zero-order valence-electron chi connectivity index (χ0n) is 17.9. The van der Waals surface area contributed by atoms with Crippen LogP contribution in [-0.4, -0.2) is 70.8 Å². The minimum absolute atomic E-state index is 0.134. The molecule has 1 aliphatic heterocycles. The number of benzene rings is 2. The van der Waals surface area contributed by atoms with Crippen LogP contribution in [0, 0.1) is 0 Å². The monoisotopic (exact) mass is 466 g/mol. The van der Waals surface area contributed by atoms with Crippen molar-refractivity contribution in [3.63, 3.8) is 0 Å². The number of methoxy groups -OCH3 is 2. The summed E-state index contributed by atoms with van der Waals surface area (Å²) in [5, 5.41) is 0.249. The SMILES string of the molecule is COc1ccc(C(=O)N2CCCN(Cc3ccc(S(C)(=O)=O)cc3)CC2)c(Cl)c1OC. The summed E-state index contributed by atoms with van der Waals surface area (Å²) in [5.74, 6) is 0.697. The highest BCUT2D eigenvalue weighted by molar-refractivity contribution is 7.90. The molecule has 1 heterocycles.